The van der Waals surface area contributed by atoms with Gasteiger partial charge in [-0.25, -0.2) is 9.97 Å². The standard InChI is InChI=1S/C15H19N3O2S/c1-10-8-17-15(21-4)18-14(10)16-9-11-5-6-12(19-2)7-13(11)20-3/h5-8H,9H2,1-4H3,(H,16,17,18). The van der Waals surface area contributed by atoms with Gasteiger partial charge in [0.1, 0.15) is 17.3 Å². The van der Waals surface area contributed by atoms with E-state index < -0.39 is 0 Å². The zero-order chi connectivity index (χ0) is 15.2. The molecule has 0 aliphatic carbocycles. The van der Waals surface area contributed by atoms with Gasteiger partial charge in [-0.15, -0.1) is 0 Å². The van der Waals surface area contributed by atoms with Gasteiger partial charge in [0.05, 0.1) is 14.2 Å². The third kappa shape index (κ3) is 3.78. The Morgan fingerprint density at radius 1 is 1.24 bits per heavy atom. The second kappa shape index (κ2) is 7.17. The number of aryl methyl sites for hydroxylation is 1. The molecule has 21 heavy (non-hydrogen) atoms. The van der Waals surface area contributed by atoms with Crippen LogP contribution in [0.1, 0.15) is 11.1 Å². The monoisotopic (exact) mass is 305 g/mol. The molecule has 5 nitrogen and oxygen atoms in total. The molecule has 0 saturated carbocycles. The molecule has 0 aliphatic rings. The number of thioether (sulfide) groups is 1. The van der Waals surface area contributed by atoms with Gasteiger partial charge in [0.15, 0.2) is 5.16 Å². The van der Waals surface area contributed by atoms with E-state index in [0.717, 1.165) is 33.6 Å². The highest BCUT2D eigenvalue weighted by molar-refractivity contribution is 7.98. The molecule has 1 heterocycles. The van der Waals surface area contributed by atoms with Crippen LogP contribution in [0.15, 0.2) is 29.6 Å². The second-order valence-corrected chi connectivity index (χ2v) is 5.19. The van der Waals surface area contributed by atoms with Crippen molar-refractivity contribution in [3.63, 3.8) is 0 Å². The second-order valence-electron chi connectivity index (χ2n) is 4.42. The molecular weight excluding hydrogens is 286 g/mol. The Kier molecular flexibility index (Phi) is 5.27. The highest BCUT2D eigenvalue weighted by Crippen LogP contribution is 2.25. The van der Waals surface area contributed by atoms with Gasteiger partial charge < -0.3 is 14.8 Å². The van der Waals surface area contributed by atoms with Crippen LogP contribution in [0.3, 0.4) is 0 Å². The van der Waals surface area contributed by atoms with Crippen molar-refractivity contribution in [3.05, 3.63) is 35.5 Å². The number of hydrogen-bond acceptors (Lipinski definition) is 6. The van der Waals surface area contributed by atoms with Crippen LogP contribution >= 0.6 is 11.8 Å². The Morgan fingerprint density at radius 2 is 2.05 bits per heavy atom. The van der Waals surface area contributed by atoms with Crippen LogP contribution in [0.4, 0.5) is 5.82 Å². The summed E-state index contributed by atoms with van der Waals surface area (Å²) in [6.45, 7) is 2.61. The van der Waals surface area contributed by atoms with Gasteiger partial charge in [0.2, 0.25) is 0 Å². The lowest BCUT2D eigenvalue weighted by molar-refractivity contribution is 0.391. The van der Waals surface area contributed by atoms with Gasteiger partial charge in [-0.1, -0.05) is 11.8 Å². The molecule has 2 rings (SSSR count). The van der Waals surface area contributed by atoms with Crippen molar-refractivity contribution in [3.8, 4) is 11.5 Å². The summed E-state index contributed by atoms with van der Waals surface area (Å²) in [5.74, 6) is 2.41. The van der Waals surface area contributed by atoms with E-state index in [2.05, 4.69) is 15.3 Å². The molecule has 0 spiro atoms. The Labute approximate surface area is 129 Å². The number of ether oxygens (including phenoxy) is 2. The molecule has 112 valence electrons. The van der Waals surface area contributed by atoms with E-state index in [9.17, 15) is 0 Å². The van der Waals surface area contributed by atoms with Crippen molar-refractivity contribution in [2.24, 2.45) is 0 Å². The number of aromatic nitrogens is 2. The van der Waals surface area contributed by atoms with Gasteiger partial charge in [0.25, 0.3) is 0 Å². The number of nitrogens with one attached hydrogen (secondary N) is 1. The van der Waals surface area contributed by atoms with Crippen LogP contribution in [-0.2, 0) is 6.54 Å². The Hall–Kier alpha value is -1.95. The van der Waals surface area contributed by atoms with E-state index in [4.69, 9.17) is 9.47 Å². The molecule has 0 fully saturated rings. The van der Waals surface area contributed by atoms with Crippen molar-refractivity contribution < 1.29 is 9.47 Å². The molecule has 0 atom stereocenters. The van der Waals surface area contributed by atoms with Crippen molar-refractivity contribution in [2.75, 3.05) is 25.8 Å². The first-order valence-electron chi connectivity index (χ1n) is 6.50. The van der Waals surface area contributed by atoms with E-state index in [-0.39, 0.29) is 0 Å². The van der Waals surface area contributed by atoms with E-state index in [0.29, 0.717) is 6.54 Å². The number of hydrogen-bond donors (Lipinski definition) is 1. The Morgan fingerprint density at radius 3 is 2.71 bits per heavy atom. The lowest BCUT2D eigenvalue weighted by Crippen LogP contribution is -2.06. The van der Waals surface area contributed by atoms with Gasteiger partial charge in [-0.05, 0) is 25.3 Å². The Balaban J connectivity index is 2.16. The summed E-state index contributed by atoms with van der Waals surface area (Å²) in [7, 11) is 3.29. The molecule has 0 amide bonds. The first-order chi connectivity index (χ1) is 10.2. The number of anilines is 1. The van der Waals surface area contributed by atoms with Crippen LogP contribution in [0, 0.1) is 6.92 Å². The van der Waals surface area contributed by atoms with Crippen molar-refractivity contribution in [1.82, 2.24) is 9.97 Å². The molecule has 1 aromatic carbocycles. The van der Waals surface area contributed by atoms with Gasteiger partial charge in [-0.2, -0.15) is 0 Å². The van der Waals surface area contributed by atoms with Crippen molar-refractivity contribution >= 4 is 17.6 Å². The number of nitrogens with zero attached hydrogens (tertiary/aromatic N) is 2. The first-order valence-corrected chi connectivity index (χ1v) is 7.72. The average molecular weight is 305 g/mol. The number of methoxy groups -OCH3 is 2. The van der Waals surface area contributed by atoms with Crippen LogP contribution in [0.2, 0.25) is 0 Å². The summed E-state index contributed by atoms with van der Waals surface area (Å²) in [5.41, 5.74) is 2.06. The molecule has 0 radical (unpaired) electrons. The van der Waals surface area contributed by atoms with E-state index in [1.807, 2.05) is 37.6 Å². The summed E-state index contributed by atoms with van der Waals surface area (Å²) in [5, 5.41) is 4.09. The van der Waals surface area contributed by atoms with Crippen molar-refractivity contribution in [2.45, 2.75) is 18.6 Å². The topological polar surface area (TPSA) is 56.3 Å². The predicted octanol–water partition coefficient (Wildman–Crippen LogP) is 3.14. The minimum Gasteiger partial charge on any atom is -0.497 e. The average Bonchev–Trinajstić information content (AvgIpc) is 2.54. The van der Waals surface area contributed by atoms with Crippen LogP contribution in [-0.4, -0.2) is 30.4 Å². The lowest BCUT2D eigenvalue weighted by Gasteiger charge is -2.13. The third-order valence-electron chi connectivity index (χ3n) is 3.07. The van der Waals surface area contributed by atoms with Gasteiger partial charge in [-0.3, -0.25) is 0 Å². The molecule has 0 aliphatic heterocycles. The molecule has 0 saturated heterocycles. The quantitative estimate of drug-likeness (QED) is 0.653. The summed E-state index contributed by atoms with van der Waals surface area (Å²) in [6.07, 6.45) is 3.79. The fourth-order valence-electron chi connectivity index (χ4n) is 1.88. The summed E-state index contributed by atoms with van der Waals surface area (Å²) >= 11 is 1.52. The SMILES string of the molecule is COc1ccc(CNc2nc(SC)ncc2C)c(OC)c1. The fourth-order valence-corrected chi connectivity index (χ4v) is 2.22. The Bertz CT molecular complexity index is 620. The summed E-state index contributed by atoms with van der Waals surface area (Å²) in [6, 6.07) is 5.77. The van der Waals surface area contributed by atoms with E-state index in [1.165, 1.54) is 11.8 Å². The minimum atomic E-state index is 0.624. The molecular formula is C15H19N3O2S. The number of benzene rings is 1. The summed E-state index contributed by atoms with van der Waals surface area (Å²) < 4.78 is 10.6. The molecule has 1 N–H and O–H groups in total. The fraction of sp³-hybridized carbons (Fsp3) is 0.333. The molecule has 1 aromatic heterocycles. The normalized spacial score (nSPS) is 10.3. The van der Waals surface area contributed by atoms with Gasteiger partial charge >= 0.3 is 0 Å². The highest BCUT2D eigenvalue weighted by atomic mass is 32.2. The zero-order valence-electron chi connectivity index (χ0n) is 12.6. The van der Waals surface area contributed by atoms with Crippen LogP contribution in [0.25, 0.3) is 0 Å². The van der Waals surface area contributed by atoms with Crippen LogP contribution in [0.5, 0.6) is 11.5 Å². The number of rotatable bonds is 6. The summed E-state index contributed by atoms with van der Waals surface area (Å²) in [4.78, 5) is 8.71. The largest absolute Gasteiger partial charge is 0.497 e. The van der Waals surface area contributed by atoms with E-state index in [1.54, 1.807) is 14.2 Å². The van der Waals surface area contributed by atoms with Crippen LogP contribution < -0.4 is 14.8 Å². The molecule has 6 heteroatoms. The molecule has 0 bridgehead atoms. The maximum Gasteiger partial charge on any atom is 0.189 e. The maximum absolute atomic E-state index is 5.39. The molecule has 2 aromatic rings. The highest BCUT2D eigenvalue weighted by Gasteiger charge is 2.07. The van der Waals surface area contributed by atoms with E-state index >= 15 is 0 Å². The van der Waals surface area contributed by atoms with Crippen molar-refractivity contribution in [1.29, 1.82) is 0 Å². The molecule has 0 unspecified atom stereocenters. The maximum atomic E-state index is 5.39. The predicted molar refractivity (Wildman–Crippen MR) is 85.4 cm³/mol. The minimum absolute atomic E-state index is 0.624. The first kappa shape index (κ1) is 15.4. The lowest BCUT2D eigenvalue weighted by atomic mass is 10.2. The zero-order valence-corrected chi connectivity index (χ0v) is 13.5. The third-order valence-corrected chi connectivity index (χ3v) is 3.63. The smallest absolute Gasteiger partial charge is 0.189 e. The van der Waals surface area contributed by atoms with Gasteiger partial charge in [0, 0.05) is 29.9 Å².